The van der Waals surface area contributed by atoms with Gasteiger partial charge in [0.25, 0.3) is 11.8 Å². The van der Waals surface area contributed by atoms with Crippen molar-refractivity contribution < 1.29 is 9.59 Å². The molecule has 1 aliphatic rings. The van der Waals surface area contributed by atoms with Crippen LogP contribution in [0, 0.1) is 6.92 Å². The van der Waals surface area contributed by atoms with Crippen molar-refractivity contribution in [2.75, 3.05) is 22.5 Å². The molecule has 0 aliphatic carbocycles. The van der Waals surface area contributed by atoms with Gasteiger partial charge < -0.3 is 16.0 Å². The first kappa shape index (κ1) is 26.5. The van der Waals surface area contributed by atoms with Crippen molar-refractivity contribution in [1.29, 1.82) is 0 Å². The maximum absolute atomic E-state index is 14.0. The van der Waals surface area contributed by atoms with E-state index in [4.69, 9.17) is 22.3 Å². The van der Waals surface area contributed by atoms with E-state index in [0.29, 0.717) is 54.9 Å². The van der Waals surface area contributed by atoms with Gasteiger partial charge in [0.2, 0.25) is 0 Å². The first-order valence-corrected chi connectivity index (χ1v) is 14.8. The van der Waals surface area contributed by atoms with Gasteiger partial charge in [-0.2, -0.15) is 0 Å². The van der Waals surface area contributed by atoms with Crippen molar-refractivity contribution in [2.45, 2.75) is 19.8 Å². The largest absolute Gasteiger partial charge is 0.397 e. The number of nitrogen functional groups attached to an aromatic ring is 1. The second-order valence-corrected chi connectivity index (χ2v) is 12.0. The number of hydrogen-bond donors (Lipinski definition) is 2. The Morgan fingerprint density at radius 1 is 1.05 bits per heavy atom. The van der Waals surface area contributed by atoms with E-state index in [2.05, 4.69) is 27.3 Å². The molecule has 0 saturated carbocycles. The van der Waals surface area contributed by atoms with E-state index in [1.165, 1.54) is 11.3 Å². The minimum absolute atomic E-state index is 0.153. The molecule has 6 nitrogen and oxygen atoms in total. The van der Waals surface area contributed by atoms with Gasteiger partial charge >= 0.3 is 0 Å². The molecule has 2 amide bonds. The molecule has 0 spiro atoms. The van der Waals surface area contributed by atoms with E-state index < -0.39 is 0 Å². The highest BCUT2D eigenvalue weighted by Crippen LogP contribution is 2.43. The summed E-state index contributed by atoms with van der Waals surface area (Å²) in [5.74, 6) is -0.477. The summed E-state index contributed by atoms with van der Waals surface area (Å²) in [5.41, 5.74) is 12.2. The van der Waals surface area contributed by atoms with Crippen LogP contribution in [0.4, 0.5) is 17.1 Å². The number of fused-ring (bicyclic) bond motifs is 2. The van der Waals surface area contributed by atoms with Gasteiger partial charge in [-0.15, -0.1) is 11.3 Å². The summed E-state index contributed by atoms with van der Waals surface area (Å²) in [4.78, 5) is 35.3. The zero-order valence-electron chi connectivity index (χ0n) is 21.5. The molecule has 0 unspecified atom stereocenters. The van der Waals surface area contributed by atoms with Gasteiger partial charge in [-0.05, 0) is 73.4 Å². The van der Waals surface area contributed by atoms with E-state index in [1.807, 2.05) is 42.5 Å². The summed E-state index contributed by atoms with van der Waals surface area (Å²) in [5, 5.41) is 4.15. The molecule has 40 heavy (non-hydrogen) atoms. The number of nitrogens with one attached hydrogen (secondary N) is 1. The number of thiophene rings is 1. The van der Waals surface area contributed by atoms with Gasteiger partial charge in [0.15, 0.2) is 0 Å². The monoisotopic (exact) mass is 630 g/mol. The van der Waals surface area contributed by atoms with E-state index >= 15 is 0 Å². The Morgan fingerprint density at radius 3 is 2.52 bits per heavy atom. The smallest absolute Gasteiger partial charge is 0.270 e. The lowest BCUT2D eigenvalue weighted by Gasteiger charge is -2.29. The van der Waals surface area contributed by atoms with Crippen molar-refractivity contribution in [3.63, 3.8) is 0 Å². The van der Waals surface area contributed by atoms with Crippen LogP contribution in [0.25, 0.3) is 21.3 Å². The van der Waals surface area contributed by atoms with Gasteiger partial charge in [0.05, 0.1) is 16.9 Å². The summed E-state index contributed by atoms with van der Waals surface area (Å²) >= 11 is 10.8. The number of nitrogens with two attached hydrogens (primary N) is 1. The molecule has 9 heteroatoms. The molecule has 0 saturated heterocycles. The molecule has 5 aromatic rings. The zero-order chi connectivity index (χ0) is 28.0. The number of carbonyl (C=O) groups excluding carboxylic acids is 2. The first-order chi connectivity index (χ1) is 19.3. The minimum atomic E-state index is -0.324. The molecule has 6 rings (SSSR count). The third-order valence-corrected chi connectivity index (χ3v) is 8.94. The number of nitrogens with zero attached hydrogens (tertiary/aromatic N) is 2. The highest BCUT2D eigenvalue weighted by molar-refractivity contribution is 9.10. The molecule has 3 heterocycles. The molecule has 0 fully saturated rings. The second kappa shape index (κ2) is 10.7. The normalized spacial score (nSPS) is 12.8. The van der Waals surface area contributed by atoms with Gasteiger partial charge in [-0.1, -0.05) is 57.9 Å². The summed E-state index contributed by atoms with van der Waals surface area (Å²) in [6.45, 7) is 2.42. The Balaban J connectivity index is 1.52. The fraction of sp³-hybridized carbons (Fsp3) is 0.129. The van der Waals surface area contributed by atoms with Crippen LogP contribution in [-0.4, -0.2) is 23.3 Å². The number of aromatic nitrogens is 1. The summed E-state index contributed by atoms with van der Waals surface area (Å²) in [6.07, 6.45) is 1.81. The number of pyridine rings is 1. The van der Waals surface area contributed by atoms with Crippen LogP contribution in [0.15, 0.2) is 77.3 Å². The minimum Gasteiger partial charge on any atom is -0.397 e. The number of anilines is 3. The van der Waals surface area contributed by atoms with Gasteiger partial charge in [0.1, 0.15) is 9.71 Å². The Bertz CT molecular complexity index is 1780. The molecule has 0 radical (unpaired) electrons. The topological polar surface area (TPSA) is 88.3 Å². The van der Waals surface area contributed by atoms with E-state index in [9.17, 15) is 9.59 Å². The number of aryl methyl sites for hydroxylation is 2. The maximum Gasteiger partial charge on any atom is 0.270 e. The number of benzene rings is 3. The Kier molecular flexibility index (Phi) is 7.08. The predicted octanol–water partition coefficient (Wildman–Crippen LogP) is 8.12. The van der Waals surface area contributed by atoms with Crippen molar-refractivity contribution in [1.82, 2.24) is 4.98 Å². The average molecular weight is 632 g/mol. The Labute approximate surface area is 248 Å². The van der Waals surface area contributed by atoms with E-state index in [0.717, 1.165) is 34.1 Å². The maximum atomic E-state index is 14.0. The fourth-order valence-corrected chi connectivity index (χ4v) is 6.69. The van der Waals surface area contributed by atoms with Crippen LogP contribution in [0.3, 0.4) is 0 Å². The summed E-state index contributed by atoms with van der Waals surface area (Å²) < 4.78 is 0.906. The number of carbonyl (C=O) groups is 2. The van der Waals surface area contributed by atoms with Gasteiger partial charge in [-0.25, -0.2) is 4.98 Å². The van der Waals surface area contributed by atoms with Gasteiger partial charge in [0, 0.05) is 38.4 Å². The highest BCUT2D eigenvalue weighted by Gasteiger charge is 2.30. The third-order valence-electron chi connectivity index (χ3n) is 7.07. The molecule has 200 valence electrons. The number of rotatable bonds is 4. The van der Waals surface area contributed by atoms with Crippen molar-refractivity contribution in [3.8, 4) is 11.1 Å². The fourth-order valence-electron chi connectivity index (χ4n) is 5.20. The molecule has 3 aromatic carbocycles. The number of para-hydroxylation sites is 1. The van der Waals surface area contributed by atoms with E-state index in [1.54, 1.807) is 36.1 Å². The quantitative estimate of drug-likeness (QED) is 0.210. The van der Waals surface area contributed by atoms with Crippen molar-refractivity contribution in [2.24, 2.45) is 0 Å². The third kappa shape index (κ3) is 4.76. The Morgan fingerprint density at radius 2 is 1.77 bits per heavy atom. The SMILES string of the molecule is Cc1nc2sc(C(=O)N3CCCc4ccccc43)c(N)c2c(-c2ccc(Br)cc2)c1C(=O)Nc1ccc(Cl)cc1. The molecule has 0 atom stereocenters. The van der Waals surface area contributed by atoms with Crippen molar-refractivity contribution in [3.05, 3.63) is 104 Å². The van der Waals surface area contributed by atoms with Crippen LogP contribution < -0.4 is 16.0 Å². The van der Waals surface area contributed by atoms with Crippen LogP contribution in [0.2, 0.25) is 5.02 Å². The lowest BCUT2D eigenvalue weighted by Crippen LogP contribution is -2.35. The van der Waals surface area contributed by atoms with Crippen molar-refractivity contribution >= 4 is 78.0 Å². The molecular weight excluding hydrogens is 608 g/mol. The molecule has 2 aromatic heterocycles. The standard InChI is InChI=1S/C31H24BrClN4O2S/c1-17-24(29(38)36-22-14-12-21(33)13-15-22)25(19-8-10-20(32)11-9-19)26-27(34)28(40-30(26)35-17)31(39)37-16-4-6-18-5-2-3-7-23(18)37/h2-3,5,7-15H,4,6,16,34H2,1H3,(H,36,38). The average Bonchev–Trinajstić information content (AvgIpc) is 3.28. The molecule has 1 aliphatic heterocycles. The predicted molar refractivity (Wildman–Crippen MR) is 168 cm³/mol. The van der Waals surface area contributed by atoms with Gasteiger partial charge in [-0.3, -0.25) is 9.59 Å². The first-order valence-electron chi connectivity index (χ1n) is 12.8. The lowest BCUT2D eigenvalue weighted by atomic mass is 9.94. The second-order valence-electron chi connectivity index (χ2n) is 9.63. The Hall–Kier alpha value is -3.72. The van der Waals surface area contributed by atoms with Crippen LogP contribution in [0.5, 0.6) is 0 Å². The summed E-state index contributed by atoms with van der Waals surface area (Å²) in [6, 6.07) is 22.6. The highest BCUT2D eigenvalue weighted by atomic mass is 79.9. The lowest BCUT2D eigenvalue weighted by molar-refractivity contribution is 0.0988. The molecule has 0 bridgehead atoms. The van der Waals surface area contributed by atoms with Crippen LogP contribution in [-0.2, 0) is 6.42 Å². The van der Waals surface area contributed by atoms with Crippen LogP contribution in [0.1, 0.15) is 37.7 Å². The molecule has 3 N–H and O–H groups in total. The number of hydrogen-bond acceptors (Lipinski definition) is 5. The number of amides is 2. The molecular formula is C31H24BrClN4O2S. The van der Waals surface area contributed by atoms with Crippen LogP contribution >= 0.6 is 38.9 Å². The number of halogens is 2. The summed E-state index contributed by atoms with van der Waals surface area (Å²) in [7, 11) is 0. The van der Waals surface area contributed by atoms with E-state index in [-0.39, 0.29) is 11.8 Å². The zero-order valence-corrected chi connectivity index (χ0v) is 24.7.